The lowest BCUT2D eigenvalue weighted by atomic mass is 10.0. The number of methoxy groups -OCH3 is 1. The molecule has 2 unspecified atom stereocenters. The first kappa shape index (κ1) is 16.9. The minimum atomic E-state index is -0.693. The van der Waals surface area contributed by atoms with Crippen molar-refractivity contribution in [1.29, 1.82) is 0 Å². The Balaban J connectivity index is 2.48. The first-order valence-electron chi connectivity index (χ1n) is 7.54. The summed E-state index contributed by atoms with van der Waals surface area (Å²) in [7, 11) is 1.73. The molecule has 19 heavy (non-hydrogen) atoms. The fourth-order valence-corrected chi connectivity index (χ4v) is 2.43. The van der Waals surface area contributed by atoms with Crippen LogP contribution in [0.1, 0.15) is 40.5 Å². The lowest BCUT2D eigenvalue weighted by Crippen LogP contribution is -2.52. The fourth-order valence-electron chi connectivity index (χ4n) is 2.43. The summed E-state index contributed by atoms with van der Waals surface area (Å²) in [6.07, 6.45) is 2.66. The first-order valence-corrected chi connectivity index (χ1v) is 7.54. The van der Waals surface area contributed by atoms with Crippen molar-refractivity contribution >= 4 is 0 Å². The van der Waals surface area contributed by atoms with Crippen molar-refractivity contribution in [2.24, 2.45) is 5.92 Å². The van der Waals surface area contributed by atoms with Gasteiger partial charge in [-0.15, -0.1) is 0 Å². The van der Waals surface area contributed by atoms with Gasteiger partial charge in [0, 0.05) is 38.8 Å². The molecule has 1 saturated carbocycles. The number of hydrogen-bond donors (Lipinski definition) is 2. The average molecular weight is 272 g/mol. The van der Waals surface area contributed by atoms with Gasteiger partial charge in [-0.05, 0) is 32.6 Å². The van der Waals surface area contributed by atoms with Crippen molar-refractivity contribution in [2.45, 2.75) is 58.2 Å². The zero-order valence-corrected chi connectivity index (χ0v) is 13.3. The molecule has 0 saturated heterocycles. The third kappa shape index (κ3) is 6.70. The Morgan fingerprint density at radius 1 is 1.37 bits per heavy atom. The molecule has 4 nitrogen and oxygen atoms in total. The predicted molar refractivity (Wildman–Crippen MR) is 79.4 cm³/mol. The van der Waals surface area contributed by atoms with E-state index in [-0.39, 0.29) is 0 Å². The molecule has 0 bridgehead atoms. The second-order valence-electron chi connectivity index (χ2n) is 6.57. The van der Waals surface area contributed by atoms with Crippen LogP contribution in [0, 0.1) is 5.92 Å². The summed E-state index contributed by atoms with van der Waals surface area (Å²) >= 11 is 0. The van der Waals surface area contributed by atoms with E-state index in [1.807, 2.05) is 6.92 Å². The number of ether oxygens (including phenoxy) is 1. The summed E-state index contributed by atoms with van der Waals surface area (Å²) in [6.45, 7) is 11.4. The Kier molecular flexibility index (Phi) is 6.74. The molecule has 0 spiro atoms. The summed E-state index contributed by atoms with van der Waals surface area (Å²) in [4.78, 5) is 2.38. The third-order valence-corrected chi connectivity index (χ3v) is 3.90. The Bertz CT molecular complexity index is 253. The van der Waals surface area contributed by atoms with Crippen LogP contribution >= 0.6 is 0 Å². The summed E-state index contributed by atoms with van der Waals surface area (Å²) in [5, 5.41) is 13.9. The first-order chi connectivity index (χ1) is 8.85. The van der Waals surface area contributed by atoms with Crippen molar-refractivity contribution in [2.75, 3.05) is 33.4 Å². The molecule has 0 aromatic carbocycles. The lowest BCUT2D eigenvalue weighted by Gasteiger charge is -2.36. The van der Waals surface area contributed by atoms with Crippen molar-refractivity contribution < 1.29 is 9.84 Å². The summed E-state index contributed by atoms with van der Waals surface area (Å²) in [6, 6.07) is 0.945. The topological polar surface area (TPSA) is 44.7 Å². The van der Waals surface area contributed by atoms with Crippen LogP contribution in [0.4, 0.5) is 0 Å². The molecular formula is C15H32N2O2. The van der Waals surface area contributed by atoms with Gasteiger partial charge in [-0.2, -0.15) is 0 Å². The standard InChI is InChI=1S/C15H32N2O2/c1-12(2)16-10-15(4,18)11-17(8-9-19-5)13(3)14-6-7-14/h12-14,16,18H,6-11H2,1-5H3. The van der Waals surface area contributed by atoms with E-state index in [1.165, 1.54) is 12.8 Å². The maximum absolute atomic E-state index is 10.5. The normalized spacial score (nSPS) is 20.8. The van der Waals surface area contributed by atoms with E-state index in [9.17, 15) is 5.11 Å². The highest BCUT2D eigenvalue weighted by Crippen LogP contribution is 2.35. The van der Waals surface area contributed by atoms with Crippen LogP contribution in [0.15, 0.2) is 0 Å². The van der Waals surface area contributed by atoms with Gasteiger partial charge in [0.05, 0.1) is 12.2 Å². The van der Waals surface area contributed by atoms with Crippen LogP contribution in [0.25, 0.3) is 0 Å². The molecule has 0 aromatic heterocycles. The monoisotopic (exact) mass is 272 g/mol. The molecule has 1 fully saturated rings. The zero-order valence-electron chi connectivity index (χ0n) is 13.3. The van der Waals surface area contributed by atoms with Gasteiger partial charge in [0.25, 0.3) is 0 Å². The lowest BCUT2D eigenvalue weighted by molar-refractivity contribution is -0.00329. The average Bonchev–Trinajstić information content (AvgIpc) is 3.15. The van der Waals surface area contributed by atoms with Gasteiger partial charge in [0.1, 0.15) is 0 Å². The second-order valence-corrected chi connectivity index (χ2v) is 6.57. The van der Waals surface area contributed by atoms with Crippen molar-refractivity contribution in [3.8, 4) is 0 Å². The minimum absolute atomic E-state index is 0.403. The fraction of sp³-hybridized carbons (Fsp3) is 1.00. The Morgan fingerprint density at radius 2 is 2.00 bits per heavy atom. The van der Waals surface area contributed by atoms with Crippen LogP contribution in [0.3, 0.4) is 0 Å². The molecule has 1 rings (SSSR count). The quantitative estimate of drug-likeness (QED) is 0.632. The van der Waals surface area contributed by atoms with Gasteiger partial charge in [-0.25, -0.2) is 0 Å². The molecule has 2 atom stereocenters. The summed E-state index contributed by atoms with van der Waals surface area (Å²) in [5.41, 5.74) is -0.693. The molecule has 0 radical (unpaired) electrons. The van der Waals surface area contributed by atoms with E-state index >= 15 is 0 Å². The van der Waals surface area contributed by atoms with E-state index < -0.39 is 5.60 Å². The van der Waals surface area contributed by atoms with E-state index in [0.717, 1.165) is 19.1 Å². The largest absolute Gasteiger partial charge is 0.388 e. The van der Waals surface area contributed by atoms with Crippen molar-refractivity contribution in [3.05, 3.63) is 0 Å². The third-order valence-electron chi connectivity index (χ3n) is 3.90. The van der Waals surface area contributed by atoms with Crippen molar-refractivity contribution in [3.63, 3.8) is 0 Å². The molecule has 1 aliphatic rings. The number of aliphatic hydroxyl groups is 1. The van der Waals surface area contributed by atoms with Gasteiger partial charge in [0.15, 0.2) is 0 Å². The highest BCUT2D eigenvalue weighted by atomic mass is 16.5. The van der Waals surface area contributed by atoms with Crippen LogP contribution in [0.5, 0.6) is 0 Å². The Labute approximate surface area is 118 Å². The number of hydrogen-bond acceptors (Lipinski definition) is 4. The molecule has 114 valence electrons. The highest BCUT2D eigenvalue weighted by molar-refractivity contribution is 4.89. The van der Waals surface area contributed by atoms with Gasteiger partial charge in [-0.3, -0.25) is 4.90 Å². The van der Waals surface area contributed by atoms with Gasteiger partial charge >= 0.3 is 0 Å². The molecule has 0 amide bonds. The maximum atomic E-state index is 10.5. The second kappa shape index (κ2) is 7.58. The zero-order chi connectivity index (χ0) is 14.5. The minimum Gasteiger partial charge on any atom is -0.388 e. The molecule has 0 heterocycles. The smallest absolute Gasteiger partial charge is 0.0869 e. The van der Waals surface area contributed by atoms with Crippen LogP contribution < -0.4 is 5.32 Å². The van der Waals surface area contributed by atoms with Crippen LogP contribution in [-0.2, 0) is 4.74 Å². The highest BCUT2D eigenvalue weighted by Gasteiger charge is 2.34. The molecular weight excluding hydrogens is 240 g/mol. The summed E-state index contributed by atoms with van der Waals surface area (Å²) < 4.78 is 5.20. The molecule has 0 aliphatic heterocycles. The van der Waals surface area contributed by atoms with Crippen molar-refractivity contribution in [1.82, 2.24) is 10.2 Å². The van der Waals surface area contributed by atoms with E-state index in [4.69, 9.17) is 4.74 Å². The summed E-state index contributed by atoms with van der Waals surface area (Å²) in [5.74, 6) is 0.811. The Morgan fingerprint density at radius 3 is 2.47 bits per heavy atom. The van der Waals surface area contributed by atoms with Gasteiger partial charge < -0.3 is 15.2 Å². The number of nitrogens with one attached hydrogen (secondary N) is 1. The number of nitrogens with zero attached hydrogens (tertiary/aromatic N) is 1. The number of rotatable bonds is 10. The molecule has 2 N–H and O–H groups in total. The SMILES string of the molecule is COCCN(CC(C)(O)CNC(C)C)C(C)C1CC1. The van der Waals surface area contributed by atoms with Crippen LogP contribution in [-0.4, -0.2) is 61.0 Å². The molecule has 1 aliphatic carbocycles. The molecule has 0 aromatic rings. The Hall–Kier alpha value is -0.160. The van der Waals surface area contributed by atoms with Crippen LogP contribution in [0.2, 0.25) is 0 Å². The maximum Gasteiger partial charge on any atom is 0.0869 e. The van der Waals surface area contributed by atoms with E-state index in [0.29, 0.717) is 25.2 Å². The van der Waals surface area contributed by atoms with Gasteiger partial charge in [0.2, 0.25) is 0 Å². The predicted octanol–water partition coefficient (Wildman–Crippen LogP) is 1.48. The van der Waals surface area contributed by atoms with E-state index in [2.05, 4.69) is 31.0 Å². The molecule has 4 heteroatoms. The van der Waals surface area contributed by atoms with Gasteiger partial charge in [-0.1, -0.05) is 13.8 Å². The van der Waals surface area contributed by atoms with E-state index in [1.54, 1.807) is 7.11 Å².